The van der Waals surface area contributed by atoms with E-state index in [2.05, 4.69) is 5.43 Å². The van der Waals surface area contributed by atoms with Crippen molar-refractivity contribution in [3.63, 3.8) is 0 Å². The first kappa shape index (κ1) is 24.3. The van der Waals surface area contributed by atoms with E-state index in [1.807, 2.05) is 68.4 Å². The highest BCUT2D eigenvalue weighted by molar-refractivity contribution is 5.97. The average molecular weight is 482 g/mol. The number of halogens is 3. The topological polar surface area (TPSA) is 46.5 Å². The number of pyridine rings is 1. The molecule has 1 aromatic heterocycles. The second-order valence-electron chi connectivity index (χ2n) is 7.81. The predicted octanol–water partition coefficient (Wildman–Crippen LogP) is 5.60. The molecule has 1 unspecified atom stereocenters. The van der Waals surface area contributed by atoms with E-state index >= 15 is 0 Å². The van der Waals surface area contributed by atoms with Crippen molar-refractivity contribution in [2.45, 2.75) is 32.6 Å². The van der Waals surface area contributed by atoms with Crippen molar-refractivity contribution in [2.24, 2.45) is 0 Å². The summed E-state index contributed by atoms with van der Waals surface area (Å²) in [4.78, 5) is 13.2. The van der Waals surface area contributed by atoms with Gasteiger partial charge in [0.25, 0.3) is 5.56 Å². The van der Waals surface area contributed by atoms with Gasteiger partial charge in [0.15, 0.2) is 0 Å². The molecule has 5 nitrogen and oxygen atoms in total. The van der Waals surface area contributed by atoms with Gasteiger partial charge in [-0.05, 0) is 29.3 Å². The fourth-order valence-corrected chi connectivity index (χ4v) is 4.23. The summed E-state index contributed by atoms with van der Waals surface area (Å²) < 4.78 is 47.3. The highest BCUT2D eigenvalue weighted by Crippen LogP contribution is 2.39. The quantitative estimate of drug-likeness (QED) is 0.527. The largest absolute Gasteiger partial charge is 0.481 e. The molecule has 5 rings (SSSR count). The third-order valence-corrected chi connectivity index (χ3v) is 5.78. The van der Waals surface area contributed by atoms with Crippen LogP contribution in [0.25, 0.3) is 16.5 Å². The van der Waals surface area contributed by atoms with Gasteiger partial charge >= 0.3 is 6.18 Å². The van der Waals surface area contributed by atoms with Crippen molar-refractivity contribution in [3.05, 3.63) is 112 Å². The zero-order valence-corrected chi connectivity index (χ0v) is 19.6. The van der Waals surface area contributed by atoms with Gasteiger partial charge in [-0.15, -0.1) is 0 Å². The van der Waals surface area contributed by atoms with Crippen molar-refractivity contribution < 1.29 is 17.9 Å². The molecule has 1 N–H and O–H groups in total. The third-order valence-electron chi connectivity index (χ3n) is 5.78. The number of nitrogens with zero attached hydrogens (tertiary/aromatic N) is 2. The lowest BCUT2D eigenvalue weighted by Gasteiger charge is -2.29. The fraction of sp³-hybridized carbons (Fsp3) is 0.222. The fourth-order valence-electron chi connectivity index (χ4n) is 4.23. The summed E-state index contributed by atoms with van der Waals surface area (Å²) in [5.41, 5.74) is 5.25. The highest BCUT2D eigenvalue weighted by Gasteiger charge is 2.45. The van der Waals surface area contributed by atoms with Gasteiger partial charge in [-0.2, -0.15) is 13.2 Å². The summed E-state index contributed by atoms with van der Waals surface area (Å²) in [6.07, 6.45) is -0.0926. The van der Waals surface area contributed by atoms with E-state index in [1.54, 1.807) is 16.7 Å². The molecule has 0 spiro atoms. The van der Waals surface area contributed by atoms with Gasteiger partial charge in [0, 0.05) is 23.1 Å². The molecule has 0 saturated heterocycles. The second kappa shape index (κ2) is 9.84. The monoisotopic (exact) mass is 481 g/mol. The number of rotatable bonds is 4. The first-order valence-corrected chi connectivity index (χ1v) is 11.3. The van der Waals surface area contributed by atoms with Crippen molar-refractivity contribution in [1.82, 2.24) is 15.0 Å². The SMILES string of the molecule is CC.COC1=CC=C(c2cc(=O)n(Cc3ccccc3)c3ccccc23)C2=CC(C(F)(F)F)NN12. The molecule has 2 aromatic carbocycles. The summed E-state index contributed by atoms with van der Waals surface area (Å²) in [6.45, 7) is 4.39. The van der Waals surface area contributed by atoms with Crippen LogP contribution in [-0.2, 0) is 11.3 Å². The molecule has 8 heteroatoms. The lowest BCUT2D eigenvalue weighted by atomic mass is 9.96. The molecule has 0 saturated carbocycles. The van der Waals surface area contributed by atoms with Gasteiger partial charge in [0.1, 0.15) is 6.04 Å². The molecule has 2 aliphatic rings. The maximum Gasteiger partial charge on any atom is 0.409 e. The first-order chi connectivity index (χ1) is 16.9. The number of para-hydroxylation sites is 1. The zero-order valence-electron chi connectivity index (χ0n) is 19.6. The Labute approximate surface area is 201 Å². The Morgan fingerprint density at radius 2 is 1.69 bits per heavy atom. The number of allylic oxidation sites excluding steroid dienone is 3. The van der Waals surface area contributed by atoms with Crippen LogP contribution in [0.1, 0.15) is 25.0 Å². The molecule has 182 valence electrons. The van der Waals surface area contributed by atoms with Crippen LogP contribution < -0.4 is 11.0 Å². The maximum atomic E-state index is 13.5. The van der Waals surface area contributed by atoms with Gasteiger partial charge in [0.2, 0.25) is 5.88 Å². The van der Waals surface area contributed by atoms with Gasteiger partial charge in [-0.1, -0.05) is 62.4 Å². The molecule has 3 heterocycles. The van der Waals surface area contributed by atoms with E-state index in [0.29, 0.717) is 28.9 Å². The number of methoxy groups -OCH3 is 1. The van der Waals surface area contributed by atoms with Crippen LogP contribution in [0.4, 0.5) is 13.2 Å². The smallest absolute Gasteiger partial charge is 0.409 e. The lowest BCUT2D eigenvalue weighted by molar-refractivity contribution is -0.149. The predicted molar refractivity (Wildman–Crippen MR) is 131 cm³/mol. The average Bonchev–Trinajstić information content (AvgIpc) is 3.33. The molecule has 0 radical (unpaired) electrons. The van der Waals surface area contributed by atoms with E-state index in [9.17, 15) is 18.0 Å². The number of ether oxygens (including phenoxy) is 1. The summed E-state index contributed by atoms with van der Waals surface area (Å²) in [7, 11) is 1.39. The van der Waals surface area contributed by atoms with Gasteiger partial charge in [-0.3, -0.25) is 4.79 Å². The van der Waals surface area contributed by atoms with Crippen molar-refractivity contribution in [1.29, 1.82) is 0 Å². The molecule has 2 aliphatic heterocycles. The van der Waals surface area contributed by atoms with Crippen LogP contribution in [0.3, 0.4) is 0 Å². The molecule has 0 fully saturated rings. The van der Waals surface area contributed by atoms with Crippen LogP contribution in [0.15, 0.2) is 95.3 Å². The minimum atomic E-state index is -4.48. The second-order valence-corrected chi connectivity index (χ2v) is 7.81. The number of fused-ring (bicyclic) bond motifs is 2. The van der Waals surface area contributed by atoms with Crippen molar-refractivity contribution in [3.8, 4) is 0 Å². The molecule has 35 heavy (non-hydrogen) atoms. The summed E-state index contributed by atoms with van der Waals surface area (Å²) in [5, 5.41) is 2.04. The Kier molecular flexibility index (Phi) is 6.84. The molecular formula is C27H26F3N3O2. The standard InChI is InChI=1S/C25H20F3N3O2.C2H6/c1-33-24-12-11-18(21-14-22(25(26,27)28)29-31(21)24)19-13-23(32)30(15-16-7-3-2-4-8-16)20-10-6-5-9-17(19)20;1-2/h2-14,22,29H,15H2,1H3;1-2H3. The van der Waals surface area contributed by atoms with E-state index < -0.39 is 12.2 Å². The van der Waals surface area contributed by atoms with Crippen molar-refractivity contribution in [2.75, 3.05) is 7.11 Å². The van der Waals surface area contributed by atoms with E-state index in [-0.39, 0.29) is 11.4 Å². The molecule has 0 aliphatic carbocycles. The lowest BCUT2D eigenvalue weighted by Crippen LogP contribution is -2.44. The van der Waals surface area contributed by atoms with Crippen LogP contribution in [0.2, 0.25) is 0 Å². The molecule has 0 amide bonds. The minimum absolute atomic E-state index is 0.235. The minimum Gasteiger partial charge on any atom is -0.481 e. The number of alkyl halides is 3. The van der Waals surface area contributed by atoms with Crippen LogP contribution >= 0.6 is 0 Å². The highest BCUT2D eigenvalue weighted by atomic mass is 19.4. The number of nitrogens with one attached hydrogen (secondary N) is 1. The van der Waals surface area contributed by atoms with Gasteiger partial charge < -0.3 is 9.30 Å². The molecule has 0 bridgehead atoms. The Morgan fingerprint density at radius 1 is 1.00 bits per heavy atom. The molecule has 3 aromatic rings. The first-order valence-electron chi connectivity index (χ1n) is 11.3. The van der Waals surface area contributed by atoms with E-state index in [1.165, 1.54) is 18.2 Å². The Hall–Kier alpha value is -3.78. The molecule has 1 atom stereocenters. The summed E-state index contributed by atoms with van der Waals surface area (Å²) in [5.74, 6) is 0.235. The van der Waals surface area contributed by atoms with Crippen LogP contribution in [0, 0.1) is 0 Å². The zero-order chi connectivity index (χ0) is 25.2. The van der Waals surface area contributed by atoms with Crippen LogP contribution in [0.5, 0.6) is 0 Å². The van der Waals surface area contributed by atoms with Gasteiger partial charge in [-0.25, -0.2) is 10.4 Å². The third kappa shape index (κ3) is 4.61. The van der Waals surface area contributed by atoms with Gasteiger partial charge in [0.05, 0.1) is 24.9 Å². The normalized spacial score (nSPS) is 17.1. The Balaban J connectivity index is 0.00000141. The number of hydrazine groups is 1. The summed E-state index contributed by atoms with van der Waals surface area (Å²) >= 11 is 0. The number of hydrogen-bond donors (Lipinski definition) is 1. The Morgan fingerprint density at radius 3 is 2.37 bits per heavy atom. The van der Waals surface area contributed by atoms with E-state index in [0.717, 1.165) is 17.0 Å². The molecular weight excluding hydrogens is 455 g/mol. The van der Waals surface area contributed by atoms with Crippen molar-refractivity contribution >= 4 is 16.5 Å². The number of benzene rings is 2. The van der Waals surface area contributed by atoms with E-state index in [4.69, 9.17) is 4.74 Å². The maximum absolute atomic E-state index is 13.5. The summed E-state index contributed by atoms with van der Waals surface area (Å²) in [6, 6.07) is 16.7. The van der Waals surface area contributed by atoms with Crippen LogP contribution in [-0.4, -0.2) is 28.9 Å². The number of aromatic nitrogens is 1. The Bertz CT molecular complexity index is 1370. The number of hydrogen-bond acceptors (Lipinski definition) is 4.